The quantitative estimate of drug-likeness (QED) is 0.698. The Balaban J connectivity index is 1.65. The number of ether oxygens (including phenoxy) is 1. The Morgan fingerprint density at radius 1 is 1.04 bits per heavy atom. The number of rotatable bonds is 8. The number of aliphatic hydroxyl groups excluding tert-OH is 1. The molecule has 0 radical (unpaired) electrons. The molecule has 0 saturated heterocycles. The highest BCUT2D eigenvalue weighted by Gasteiger charge is 2.08. The first-order chi connectivity index (χ1) is 11.7. The SMILES string of the molecule is COc1ccccc1CCNC(=O)NCCC(O)c1ccccc1. The third kappa shape index (κ3) is 5.59. The fraction of sp³-hybridized carbons (Fsp3) is 0.316. The lowest BCUT2D eigenvalue weighted by Crippen LogP contribution is -2.37. The lowest BCUT2D eigenvalue weighted by molar-refractivity contribution is 0.167. The average Bonchev–Trinajstić information content (AvgIpc) is 2.62. The van der Waals surface area contributed by atoms with Gasteiger partial charge in [0.05, 0.1) is 13.2 Å². The third-order valence-electron chi connectivity index (χ3n) is 3.76. The maximum absolute atomic E-state index is 11.8. The molecular formula is C19H24N2O3. The Kier molecular flexibility index (Phi) is 7.11. The van der Waals surface area contributed by atoms with E-state index in [2.05, 4.69) is 10.6 Å². The van der Waals surface area contributed by atoms with E-state index in [0.29, 0.717) is 25.9 Å². The number of urea groups is 1. The fourth-order valence-corrected chi connectivity index (χ4v) is 2.45. The topological polar surface area (TPSA) is 70.6 Å². The smallest absolute Gasteiger partial charge is 0.314 e. The second-order valence-electron chi connectivity index (χ2n) is 5.46. The lowest BCUT2D eigenvalue weighted by atomic mass is 10.1. The van der Waals surface area contributed by atoms with E-state index < -0.39 is 6.10 Å². The molecule has 2 aromatic carbocycles. The summed E-state index contributed by atoms with van der Waals surface area (Å²) >= 11 is 0. The van der Waals surface area contributed by atoms with Gasteiger partial charge in [-0.05, 0) is 30.0 Å². The van der Waals surface area contributed by atoms with Crippen molar-refractivity contribution in [3.05, 3.63) is 65.7 Å². The summed E-state index contributed by atoms with van der Waals surface area (Å²) in [5, 5.41) is 15.6. The van der Waals surface area contributed by atoms with Gasteiger partial charge in [0.15, 0.2) is 0 Å². The number of hydrogen-bond acceptors (Lipinski definition) is 3. The fourth-order valence-electron chi connectivity index (χ4n) is 2.45. The van der Waals surface area contributed by atoms with E-state index in [1.807, 2.05) is 54.6 Å². The van der Waals surface area contributed by atoms with Gasteiger partial charge in [0.1, 0.15) is 5.75 Å². The van der Waals surface area contributed by atoms with Gasteiger partial charge in [-0.15, -0.1) is 0 Å². The van der Waals surface area contributed by atoms with Gasteiger partial charge in [-0.25, -0.2) is 4.79 Å². The van der Waals surface area contributed by atoms with Crippen LogP contribution in [0.4, 0.5) is 4.79 Å². The van der Waals surface area contributed by atoms with E-state index in [9.17, 15) is 9.90 Å². The molecule has 2 aromatic rings. The van der Waals surface area contributed by atoms with Crippen molar-refractivity contribution in [2.75, 3.05) is 20.2 Å². The minimum atomic E-state index is -0.569. The molecule has 0 spiro atoms. The molecule has 128 valence electrons. The van der Waals surface area contributed by atoms with E-state index in [1.54, 1.807) is 7.11 Å². The van der Waals surface area contributed by atoms with E-state index in [0.717, 1.165) is 16.9 Å². The van der Waals surface area contributed by atoms with Gasteiger partial charge in [-0.1, -0.05) is 48.5 Å². The van der Waals surface area contributed by atoms with Crippen LogP contribution in [0, 0.1) is 0 Å². The molecule has 1 atom stereocenters. The zero-order chi connectivity index (χ0) is 17.2. The van der Waals surface area contributed by atoms with Crippen LogP contribution in [0.1, 0.15) is 23.7 Å². The zero-order valence-corrected chi connectivity index (χ0v) is 13.9. The summed E-state index contributed by atoms with van der Waals surface area (Å²) in [5.41, 5.74) is 1.91. The number of benzene rings is 2. The second kappa shape index (κ2) is 9.57. The predicted octanol–water partition coefficient (Wildman–Crippen LogP) is 2.66. The van der Waals surface area contributed by atoms with Crippen LogP contribution in [-0.2, 0) is 6.42 Å². The Morgan fingerprint density at radius 3 is 2.46 bits per heavy atom. The molecule has 0 saturated carbocycles. The molecule has 0 bridgehead atoms. The normalized spacial score (nSPS) is 11.6. The van der Waals surface area contributed by atoms with Crippen LogP contribution in [0.3, 0.4) is 0 Å². The molecule has 2 rings (SSSR count). The number of nitrogens with one attached hydrogen (secondary N) is 2. The third-order valence-corrected chi connectivity index (χ3v) is 3.76. The van der Waals surface area contributed by atoms with Crippen molar-refractivity contribution >= 4 is 6.03 Å². The van der Waals surface area contributed by atoms with Gasteiger partial charge in [-0.3, -0.25) is 0 Å². The Labute approximate surface area is 142 Å². The van der Waals surface area contributed by atoms with E-state index in [-0.39, 0.29) is 6.03 Å². The molecule has 3 N–H and O–H groups in total. The molecule has 5 nitrogen and oxygen atoms in total. The van der Waals surface area contributed by atoms with Gasteiger partial charge in [-0.2, -0.15) is 0 Å². The first kappa shape index (κ1) is 17.8. The van der Waals surface area contributed by atoms with E-state index in [4.69, 9.17) is 4.74 Å². The van der Waals surface area contributed by atoms with Crippen LogP contribution in [0.15, 0.2) is 54.6 Å². The summed E-state index contributed by atoms with van der Waals surface area (Å²) in [6.07, 6.45) is 0.605. The van der Waals surface area contributed by atoms with Crippen molar-refractivity contribution in [2.45, 2.75) is 18.9 Å². The number of para-hydroxylation sites is 1. The highest BCUT2D eigenvalue weighted by molar-refractivity contribution is 5.73. The molecule has 24 heavy (non-hydrogen) atoms. The number of hydrogen-bond donors (Lipinski definition) is 3. The number of methoxy groups -OCH3 is 1. The molecule has 0 fully saturated rings. The lowest BCUT2D eigenvalue weighted by Gasteiger charge is -2.12. The summed E-state index contributed by atoms with van der Waals surface area (Å²) < 4.78 is 5.28. The Hall–Kier alpha value is -2.53. The largest absolute Gasteiger partial charge is 0.496 e. The van der Waals surface area contributed by atoms with Crippen molar-refractivity contribution in [1.29, 1.82) is 0 Å². The molecule has 5 heteroatoms. The molecule has 1 unspecified atom stereocenters. The first-order valence-electron chi connectivity index (χ1n) is 8.07. The first-order valence-corrected chi connectivity index (χ1v) is 8.07. The molecule has 0 heterocycles. The molecule has 0 aliphatic rings. The monoisotopic (exact) mass is 328 g/mol. The van der Waals surface area contributed by atoms with Crippen molar-refractivity contribution in [1.82, 2.24) is 10.6 Å². The highest BCUT2D eigenvalue weighted by atomic mass is 16.5. The molecular weight excluding hydrogens is 304 g/mol. The summed E-state index contributed by atoms with van der Waals surface area (Å²) in [7, 11) is 1.64. The van der Waals surface area contributed by atoms with Gasteiger partial charge in [0, 0.05) is 13.1 Å². The van der Waals surface area contributed by atoms with Crippen LogP contribution in [0.5, 0.6) is 5.75 Å². The summed E-state index contributed by atoms with van der Waals surface area (Å²) in [5.74, 6) is 0.825. The van der Waals surface area contributed by atoms with Crippen molar-refractivity contribution in [3.8, 4) is 5.75 Å². The maximum atomic E-state index is 11.8. The number of aliphatic hydroxyl groups is 1. The van der Waals surface area contributed by atoms with Crippen molar-refractivity contribution < 1.29 is 14.6 Å². The van der Waals surface area contributed by atoms with Crippen molar-refractivity contribution in [2.24, 2.45) is 0 Å². The summed E-state index contributed by atoms with van der Waals surface area (Å²) in [4.78, 5) is 11.8. The molecule has 2 amide bonds. The number of carbonyl (C=O) groups excluding carboxylic acids is 1. The van der Waals surface area contributed by atoms with Crippen LogP contribution in [0.2, 0.25) is 0 Å². The minimum Gasteiger partial charge on any atom is -0.496 e. The van der Waals surface area contributed by atoms with Gasteiger partial charge in [0.2, 0.25) is 0 Å². The summed E-state index contributed by atoms with van der Waals surface area (Å²) in [6.45, 7) is 0.935. The van der Waals surface area contributed by atoms with Crippen LogP contribution < -0.4 is 15.4 Å². The van der Waals surface area contributed by atoms with Crippen LogP contribution in [0.25, 0.3) is 0 Å². The van der Waals surface area contributed by atoms with Crippen molar-refractivity contribution in [3.63, 3.8) is 0 Å². The number of carbonyl (C=O) groups is 1. The maximum Gasteiger partial charge on any atom is 0.314 e. The van der Waals surface area contributed by atoms with Gasteiger partial charge >= 0.3 is 6.03 Å². The van der Waals surface area contributed by atoms with Crippen LogP contribution in [-0.4, -0.2) is 31.3 Å². The standard InChI is InChI=1S/C19H24N2O3/c1-24-18-10-6-5-9-16(18)11-13-20-19(23)21-14-12-17(22)15-7-3-2-4-8-15/h2-10,17,22H,11-14H2,1H3,(H2,20,21,23). The van der Waals surface area contributed by atoms with Gasteiger partial charge in [0.25, 0.3) is 0 Å². The van der Waals surface area contributed by atoms with E-state index in [1.165, 1.54) is 0 Å². The Bertz CT molecular complexity index is 632. The number of amides is 2. The molecule has 0 aliphatic carbocycles. The van der Waals surface area contributed by atoms with Gasteiger partial charge < -0.3 is 20.5 Å². The van der Waals surface area contributed by atoms with E-state index >= 15 is 0 Å². The molecule has 0 aromatic heterocycles. The Morgan fingerprint density at radius 2 is 1.71 bits per heavy atom. The highest BCUT2D eigenvalue weighted by Crippen LogP contribution is 2.17. The minimum absolute atomic E-state index is 0.231. The predicted molar refractivity (Wildman–Crippen MR) is 94.1 cm³/mol. The average molecular weight is 328 g/mol. The van der Waals surface area contributed by atoms with Crippen LogP contribution >= 0.6 is 0 Å². The molecule has 0 aliphatic heterocycles. The summed E-state index contributed by atoms with van der Waals surface area (Å²) in [6, 6.07) is 16.9. The second-order valence-corrected chi connectivity index (χ2v) is 5.46. The zero-order valence-electron chi connectivity index (χ0n) is 13.9.